The van der Waals surface area contributed by atoms with Crippen LogP contribution in [0, 0.1) is 0 Å². The number of rotatable bonds is 2. The molecule has 4 heteroatoms. The van der Waals surface area contributed by atoms with E-state index in [0.717, 1.165) is 17.5 Å². The predicted molar refractivity (Wildman–Crippen MR) is 82.9 cm³/mol. The lowest BCUT2D eigenvalue weighted by Gasteiger charge is -2.33. The number of nitrogens with zero attached hydrogens (tertiary/aromatic N) is 1. The van der Waals surface area contributed by atoms with Crippen LogP contribution in [0.4, 0.5) is 0 Å². The zero-order chi connectivity index (χ0) is 14.6. The van der Waals surface area contributed by atoms with Crippen LogP contribution in [0.5, 0.6) is 0 Å². The Kier molecular flexibility index (Phi) is 2.73. The molecule has 3 aromatic rings. The van der Waals surface area contributed by atoms with Crippen LogP contribution in [-0.4, -0.2) is 4.57 Å². The molecule has 1 heterocycles. The van der Waals surface area contributed by atoms with Crippen LogP contribution < -0.4 is 5.76 Å². The van der Waals surface area contributed by atoms with E-state index in [1.54, 1.807) is 7.05 Å². The van der Waals surface area contributed by atoms with Crippen molar-refractivity contribution in [1.29, 1.82) is 0 Å². The Bertz CT molecular complexity index is 893. The fraction of sp³-hybridized carbons (Fsp3) is 0.235. The van der Waals surface area contributed by atoms with Crippen LogP contribution in [0.1, 0.15) is 28.0 Å². The number of hydrogen-bond donors (Lipinski definition) is 0. The molecule has 4 rings (SSSR count). The Morgan fingerprint density at radius 2 is 2.10 bits per heavy atom. The lowest BCUT2D eigenvalue weighted by atomic mass is 9.74. The predicted octanol–water partition coefficient (Wildman–Crippen LogP) is 3.75. The van der Waals surface area contributed by atoms with E-state index in [2.05, 4.69) is 18.2 Å². The SMILES string of the molecule is Cn1c(=O)oc2cc(C(Cl)C3Cc4ccccc43)ccc21. The molecule has 1 aliphatic rings. The first-order valence-corrected chi connectivity index (χ1v) is 7.40. The minimum absolute atomic E-state index is 0.102. The summed E-state index contributed by atoms with van der Waals surface area (Å²) in [6.07, 6.45) is 1.00. The number of alkyl halides is 1. The highest BCUT2D eigenvalue weighted by molar-refractivity contribution is 6.21. The summed E-state index contributed by atoms with van der Waals surface area (Å²) in [6.45, 7) is 0. The average molecular weight is 300 g/mol. The summed E-state index contributed by atoms with van der Waals surface area (Å²) in [5, 5.41) is -0.102. The Balaban J connectivity index is 1.72. The lowest BCUT2D eigenvalue weighted by molar-refractivity contribution is 0.527. The van der Waals surface area contributed by atoms with Gasteiger partial charge in [0.2, 0.25) is 0 Å². The Labute approximate surface area is 126 Å². The van der Waals surface area contributed by atoms with Gasteiger partial charge >= 0.3 is 5.76 Å². The molecule has 0 saturated heterocycles. The molecule has 0 bridgehead atoms. The molecule has 2 aromatic carbocycles. The van der Waals surface area contributed by atoms with Gasteiger partial charge in [0.25, 0.3) is 0 Å². The zero-order valence-electron chi connectivity index (χ0n) is 11.5. The van der Waals surface area contributed by atoms with Crippen LogP contribution in [-0.2, 0) is 13.5 Å². The molecule has 21 heavy (non-hydrogen) atoms. The van der Waals surface area contributed by atoms with Crippen molar-refractivity contribution in [3.05, 3.63) is 69.7 Å². The number of fused-ring (bicyclic) bond motifs is 2. The Morgan fingerprint density at radius 3 is 2.90 bits per heavy atom. The first kappa shape index (κ1) is 12.7. The lowest BCUT2D eigenvalue weighted by Crippen LogP contribution is -2.20. The van der Waals surface area contributed by atoms with Crippen LogP contribution in [0.2, 0.25) is 0 Å². The van der Waals surface area contributed by atoms with Gasteiger partial charge in [0, 0.05) is 13.0 Å². The highest BCUT2D eigenvalue weighted by Crippen LogP contribution is 2.46. The van der Waals surface area contributed by atoms with E-state index in [-0.39, 0.29) is 11.1 Å². The Hall–Kier alpha value is -2.00. The average Bonchev–Trinajstić information content (AvgIpc) is 2.75. The van der Waals surface area contributed by atoms with Crippen molar-refractivity contribution in [2.45, 2.75) is 17.7 Å². The summed E-state index contributed by atoms with van der Waals surface area (Å²) >= 11 is 6.66. The van der Waals surface area contributed by atoms with E-state index >= 15 is 0 Å². The number of benzene rings is 2. The van der Waals surface area contributed by atoms with Crippen LogP contribution >= 0.6 is 11.6 Å². The summed E-state index contributed by atoms with van der Waals surface area (Å²) in [6, 6.07) is 14.2. The molecule has 2 atom stereocenters. The first-order valence-electron chi connectivity index (χ1n) is 6.96. The van der Waals surface area contributed by atoms with Crippen molar-refractivity contribution in [2.75, 3.05) is 0 Å². The van der Waals surface area contributed by atoms with E-state index in [1.165, 1.54) is 15.7 Å². The molecule has 0 radical (unpaired) electrons. The molecule has 3 nitrogen and oxygen atoms in total. The molecule has 0 amide bonds. The van der Waals surface area contributed by atoms with E-state index in [1.807, 2.05) is 24.3 Å². The molecule has 0 fully saturated rings. The molecule has 0 aliphatic heterocycles. The third-order valence-electron chi connectivity index (χ3n) is 4.38. The van der Waals surface area contributed by atoms with E-state index in [0.29, 0.717) is 11.5 Å². The van der Waals surface area contributed by atoms with Gasteiger partial charge in [-0.15, -0.1) is 11.6 Å². The van der Waals surface area contributed by atoms with Gasteiger partial charge in [0.1, 0.15) is 0 Å². The van der Waals surface area contributed by atoms with E-state index in [9.17, 15) is 4.79 Å². The van der Waals surface area contributed by atoms with Crippen molar-refractivity contribution in [2.24, 2.45) is 7.05 Å². The Morgan fingerprint density at radius 1 is 1.29 bits per heavy atom. The molecule has 0 saturated carbocycles. The van der Waals surface area contributed by atoms with Crippen molar-refractivity contribution < 1.29 is 4.42 Å². The van der Waals surface area contributed by atoms with Gasteiger partial charge in [-0.25, -0.2) is 4.79 Å². The minimum Gasteiger partial charge on any atom is -0.408 e. The number of oxazole rings is 1. The molecule has 2 unspecified atom stereocenters. The van der Waals surface area contributed by atoms with Crippen molar-refractivity contribution in [3.8, 4) is 0 Å². The number of halogens is 1. The van der Waals surface area contributed by atoms with E-state index < -0.39 is 0 Å². The van der Waals surface area contributed by atoms with Gasteiger partial charge in [0.15, 0.2) is 5.58 Å². The summed E-state index contributed by atoms with van der Waals surface area (Å²) in [7, 11) is 1.70. The second-order valence-electron chi connectivity index (χ2n) is 5.57. The second-order valence-corrected chi connectivity index (χ2v) is 6.04. The maximum atomic E-state index is 11.5. The van der Waals surface area contributed by atoms with Crippen LogP contribution in [0.15, 0.2) is 51.7 Å². The van der Waals surface area contributed by atoms with E-state index in [4.69, 9.17) is 16.0 Å². The minimum atomic E-state index is -0.345. The van der Waals surface area contributed by atoms with Gasteiger partial charge in [-0.05, 0) is 35.2 Å². The number of aryl methyl sites for hydroxylation is 1. The summed E-state index contributed by atoms with van der Waals surface area (Å²) in [5.74, 6) is -0.0157. The van der Waals surface area contributed by atoms with Gasteiger partial charge < -0.3 is 4.42 Å². The largest absolute Gasteiger partial charge is 0.419 e. The summed E-state index contributed by atoms with van der Waals surface area (Å²) < 4.78 is 6.74. The standard InChI is InChI=1S/C17H14ClNO2/c1-19-14-7-6-11(9-15(14)21-17(19)20)16(18)13-8-10-4-2-3-5-12(10)13/h2-7,9,13,16H,8H2,1H3. The fourth-order valence-electron chi connectivity index (χ4n) is 3.11. The molecular weight excluding hydrogens is 286 g/mol. The zero-order valence-corrected chi connectivity index (χ0v) is 12.3. The van der Waals surface area contributed by atoms with Gasteiger partial charge in [-0.1, -0.05) is 30.3 Å². The maximum Gasteiger partial charge on any atom is 0.419 e. The van der Waals surface area contributed by atoms with Crippen molar-refractivity contribution >= 4 is 22.7 Å². The normalized spacial score (nSPS) is 18.3. The van der Waals surface area contributed by atoms with Crippen molar-refractivity contribution in [1.82, 2.24) is 4.57 Å². The molecular formula is C17H14ClNO2. The van der Waals surface area contributed by atoms with Gasteiger partial charge in [-0.3, -0.25) is 4.57 Å². The molecule has 106 valence electrons. The monoisotopic (exact) mass is 299 g/mol. The maximum absolute atomic E-state index is 11.5. The van der Waals surface area contributed by atoms with Crippen molar-refractivity contribution in [3.63, 3.8) is 0 Å². The molecule has 1 aliphatic carbocycles. The number of hydrogen-bond acceptors (Lipinski definition) is 2. The molecule has 1 aromatic heterocycles. The van der Waals surface area contributed by atoms with Gasteiger partial charge in [0.05, 0.1) is 10.9 Å². The molecule has 0 N–H and O–H groups in total. The molecule has 0 spiro atoms. The quantitative estimate of drug-likeness (QED) is 0.676. The van der Waals surface area contributed by atoms with Crippen LogP contribution in [0.3, 0.4) is 0 Å². The summed E-state index contributed by atoms with van der Waals surface area (Å²) in [5.41, 5.74) is 5.09. The highest BCUT2D eigenvalue weighted by Gasteiger charge is 2.32. The smallest absolute Gasteiger partial charge is 0.408 e. The third-order valence-corrected chi connectivity index (χ3v) is 4.94. The van der Waals surface area contributed by atoms with Gasteiger partial charge in [-0.2, -0.15) is 0 Å². The number of aromatic nitrogens is 1. The highest BCUT2D eigenvalue weighted by atomic mass is 35.5. The fourth-order valence-corrected chi connectivity index (χ4v) is 3.47. The van der Waals surface area contributed by atoms with Crippen LogP contribution in [0.25, 0.3) is 11.1 Å². The second kappa shape index (κ2) is 4.50. The first-order chi connectivity index (χ1) is 10.1. The summed E-state index contributed by atoms with van der Waals surface area (Å²) in [4.78, 5) is 11.5. The topological polar surface area (TPSA) is 35.1 Å². The third kappa shape index (κ3) is 1.84.